The van der Waals surface area contributed by atoms with Crippen molar-refractivity contribution in [3.8, 4) is 11.5 Å². The number of piperidine rings is 1. The molecule has 1 fully saturated rings. The van der Waals surface area contributed by atoms with Crippen molar-refractivity contribution in [2.24, 2.45) is 5.92 Å². The molecule has 186 valence electrons. The van der Waals surface area contributed by atoms with Crippen molar-refractivity contribution < 1.29 is 18.7 Å². The minimum atomic E-state index is -0.0974. The predicted molar refractivity (Wildman–Crippen MR) is 137 cm³/mol. The Morgan fingerprint density at radius 1 is 1.09 bits per heavy atom. The van der Waals surface area contributed by atoms with Crippen molar-refractivity contribution in [2.75, 3.05) is 34.4 Å². The molecule has 6 nitrogen and oxygen atoms in total. The van der Waals surface area contributed by atoms with Gasteiger partial charge in [0.05, 0.1) is 20.5 Å². The number of hydrogen-bond acceptors (Lipinski definition) is 5. The Hall–Kier alpha value is -2.96. The zero-order valence-electron chi connectivity index (χ0n) is 20.6. The van der Waals surface area contributed by atoms with Gasteiger partial charge in [-0.15, -0.1) is 0 Å². The number of rotatable bonds is 9. The molecule has 1 aliphatic heterocycles. The van der Waals surface area contributed by atoms with Crippen molar-refractivity contribution in [3.05, 3.63) is 82.8 Å². The molecule has 1 aliphatic rings. The number of hydrogen-bond donors (Lipinski definition) is 0. The number of furan rings is 1. The van der Waals surface area contributed by atoms with Gasteiger partial charge in [-0.05, 0) is 79.7 Å². The van der Waals surface area contributed by atoms with Gasteiger partial charge in [0.25, 0.3) is 5.91 Å². The van der Waals surface area contributed by atoms with Crippen LogP contribution in [0.25, 0.3) is 0 Å². The summed E-state index contributed by atoms with van der Waals surface area (Å²) in [6, 6.07) is 17.5. The fourth-order valence-electron chi connectivity index (χ4n) is 4.97. The molecule has 4 rings (SSSR count). The first-order valence-corrected chi connectivity index (χ1v) is 12.3. The SMILES string of the molecule is COc1ccc(CN2CCC(C(Cc3ccccc3Cl)N(C)C(=O)c3ccco3)CC2)cc1OC. The van der Waals surface area contributed by atoms with Crippen molar-refractivity contribution in [3.63, 3.8) is 0 Å². The van der Waals surface area contributed by atoms with E-state index in [1.54, 1.807) is 26.4 Å². The molecule has 1 atom stereocenters. The third-order valence-electron chi connectivity index (χ3n) is 6.97. The number of carbonyl (C=O) groups excluding carboxylic acids is 1. The molecule has 35 heavy (non-hydrogen) atoms. The van der Waals surface area contributed by atoms with E-state index in [9.17, 15) is 4.79 Å². The Morgan fingerprint density at radius 2 is 1.83 bits per heavy atom. The van der Waals surface area contributed by atoms with Crippen molar-refractivity contribution in [1.82, 2.24) is 9.80 Å². The van der Waals surface area contributed by atoms with Gasteiger partial charge in [0.2, 0.25) is 0 Å². The minimum Gasteiger partial charge on any atom is -0.493 e. The topological polar surface area (TPSA) is 55.2 Å². The lowest BCUT2D eigenvalue weighted by Gasteiger charge is -2.40. The molecule has 0 N–H and O–H groups in total. The molecule has 7 heteroatoms. The van der Waals surface area contributed by atoms with Crippen LogP contribution < -0.4 is 9.47 Å². The van der Waals surface area contributed by atoms with Crippen LogP contribution in [0.3, 0.4) is 0 Å². The summed E-state index contributed by atoms with van der Waals surface area (Å²) in [5.74, 6) is 2.11. The number of methoxy groups -OCH3 is 2. The average Bonchev–Trinajstić information content (AvgIpc) is 3.43. The van der Waals surface area contributed by atoms with Gasteiger partial charge in [0, 0.05) is 24.7 Å². The van der Waals surface area contributed by atoms with Gasteiger partial charge in [-0.25, -0.2) is 0 Å². The zero-order valence-corrected chi connectivity index (χ0v) is 21.3. The van der Waals surface area contributed by atoms with Gasteiger partial charge in [0.15, 0.2) is 17.3 Å². The second-order valence-corrected chi connectivity index (χ2v) is 9.47. The maximum Gasteiger partial charge on any atom is 0.289 e. The average molecular weight is 497 g/mol. The number of halogens is 1. The molecular formula is C28H33ClN2O4. The van der Waals surface area contributed by atoms with Gasteiger partial charge >= 0.3 is 0 Å². The smallest absolute Gasteiger partial charge is 0.289 e. The van der Waals surface area contributed by atoms with Gasteiger partial charge in [0.1, 0.15) is 0 Å². The summed E-state index contributed by atoms with van der Waals surface area (Å²) >= 11 is 6.50. The summed E-state index contributed by atoms with van der Waals surface area (Å²) in [6.45, 7) is 2.77. The van der Waals surface area contributed by atoms with E-state index in [1.165, 1.54) is 11.8 Å². The molecular weight excluding hydrogens is 464 g/mol. The lowest BCUT2D eigenvalue weighted by atomic mass is 9.84. The van der Waals surface area contributed by atoms with Crippen LogP contribution in [0.5, 0.6) is 11.5 Å². The molecule has 1 saturated heterocycles. The summed E-state index contributed by atoms with van der Waals surface area (Å²) in [6.07, 6.45) is 4.25. The van der Waals surface area contributed by atoms with Crippen LogP contribution in [0.4, 0.5) is 0 Å². The number of likely N-dealkylation sites (N-methyl/N-ethyl adjacent to an activating group) is 1. The van der Waals surface area contributed by atoms with Crippen molar-refractivity contribution in [1.29, 1.82) is 0 Å². The highest BCUT2D eigenvalue weighted by Gasteiger charge is 2.33. The number of amides is 1. The molecule has 0 aliphatic carbocycles. The van der Waals surface area contributed by atoms with Crippen LogP contribution in [-0.4, -0.2) is 56.1 Å². The highest BCUT2D eigenvalue weighted by atomic mass is 35.5. The van der Waals surface area contributed by atoms with Crippen LogP contribution in [0.1, 0.15) is 34.5 Å². The summed E-state index contributed by atoms with van der Waals surface area (Å²) in [5, 5.41) is 0.738. The van der Waals surface area contributed by atoms with Crippen LogP contribution in [-0.2, 0) is 13.0 Å². The Labute approximate surface area is 212 Å². The highest BCUT2D eigenvalue weighted by molar-refractivity contribution is 6.31. The van der Waals surface area contributed by atoms with Crippen molar-refractivity contribution >= 4 is 17.5 Å². The Kier molecular flexibility index (Phi) is 8.37. The lowest BCUT2D eigenvalue weighted by Crippen LogP contribution is -2.47. The monoisotopic (exact) mass is 496 g/mol. The fourth-order valence-corrected chi connectivity index (χ4v) is 5.18. The fraction of sp³-hybridized carbons (Fsp3) is 0.393. The predicted octanol–water partition coefficient (Wildman–Crippen LogP) is 5.55. The summed E-state index contributed by atoms with van der Waals surface area (Å²) in [7, 11) is 5.18. The van der Waals surface area contributed by atoms with E-state index in [0.29, 0.717) is 18.1 Å². The van der Waals surface area contributed by atoms with E-state index in [2.05, 4.69) is 11.0 Å². The number of nitrogens with zero attached hydrogens (tertiary/aromatic N) is 2. The first-order chi connectivity index (χ1) is 17.0. The Bertz CT molecular complexity index is 1110. The van der Waals surface area contributed by atoms with Crippen molar-refractivity contribution in [2.45, 2.75) is 31.8 Å². The molecule has 0 bridgehead atoms. The number of likely N-dealkylation sites (tertiary alicyclic amines) is 1. The molecule has 2 heterocycles. The normalized spacial score (nSPS) is 15.5. The van der Waals surface area contributed by atoms with E-state index in [-0.39, 0.29) is 11.9 Å². The van der Waals surface area contributed by atoms with Crippen LogP contribution in [0, 0.1) is 5.92 Å². The first kappa shape index (κ1) is 25.1. The molecule has 1 amide bonds. The third-order valence-corrected chi connectivity index (χ3v) is 7.34. The van der Waals surface area contributed by atoms with E-state index in [4.69, 9.17) is 25.5 Å². The third kappa shape index (κ3) is 6.00. The lowest BCUT2D eigenvalue weighted by molar-refractivity contribution is 0.0556. The maximum absolute atomic E-state index is 13.1. The highest BCUT2D eigenvalue weighted by Crippen LogP contribution is 2.31. The molecule has 1 aromatic heterocycles. The van der Waals surface area contributed by atoms with Gasteiger partial charge in [-0.2, -0.15) is 0 Å². The minimum absolute atomic E-state index is 0.0238. The molecule has 2 aromatic carbocycles. The summed E-state index contributed by atoms with van der Waals surface area (Å²) in [5.41, 5.74) is 2.25. The standard InChI is InChI=1S/C28H33ClN2O4/c1-30(28(32)26-9-6-16-35-26)24(18-22-7-4-5-8-23(22)29)21-12-14-31(15-13-21)19-20-10-11-25(33-2)27(17-20)34-3/h4-11,16-17,21,24H,12-15,18-19H2,1-3H3. The van der Waals surface area contributed by atoms with E-state index in [1.807, 2.05) is 48.3 Å². The number of benzene rings is 2. The van der Waals surface area contributed by atoms with E-state index < -0.39 is 0 Å². The Balaban J connectivity index is 1.46. The van der Waals surface area contributed by atoms with Crippen LogP contribution in [0.2, 0.25) is 5.02 Å². The van der Waals surface area contributed by atoms with Crippen LogP contribution in [0.15, 0.2) is 65.3 Å². The second kappa shape index (κ2) is 11.6. The molecule has 0 radical (unpaired) electrons. The van der Waals surface area contributed by atoms with Gasteiger partial charge in [-0.3, -0.25) is 9.69 Å². The van der Waals surface area contributed by atoms with E-state index >= 15 is 0 Å². The maximum atomic E-state index is 13.1. The Morgan fingerprint density at radius 3 is 2.49 bits per heavy atom. The molecule has 0 spiro atoms. The zero-order chi connectivity index (χ0) is 24.8. The number of ether oxygens (including phenoxy) is 2. The van der Waals surface area contributed by atoms with Gasteiger partial charge in [-0.1, -0.05) is 35.9 Å². The largest absolute Gasteiger partial charge is 0.493 e. The second-order valence-electron chi connectivity index (χ2n) is 9.06. The molecule has 0 saturated carbocycles. The van der Waals surface area contributed by atoms with Crippen LogP contribution >= 0.6 is 11.6 Å². The van der Waals surface area contributed by atoms with E-state index in [0.717, 1.165) is 54.6 Å². The number of carbonyl (C=O) groups is 1. The molecule has 3 aromatic rings. The summed E-state index contributed by atoms with van der Waals surface area (Å²) < 4.78 is 16.2. The first-order valence-electron chi connectivity index (χ1n) is 12.0. The molecule has 1 unspecified atom stereocenters. The summed E-state index contributed by atoms with van der Waals surface area (Å²) in [4.78, 5) is 17.5. The van der Waals surface area contributed by atoms with Gasteiger partial charge < -0.3 is 18.8 Å². The quantitative estimate of drug-likeness (QED) is 0.389.